The molecule has 0 aliphatic carbocycles. The summed E-state index contributed by atoms with van der Waals surface area (Å²) in [5.41, 5.74) is 1.24. The molecule has 1 unspecified atom stereocenters. The first-order valence-corrected chi connectivity index (χ1v) is 7.44. The lowest BCUT2D eigenvalue weighted by Gasteiger charge is -2.17. The van der Waals surface area contributed by atoms with Crippen LogP contribution in [0.1, 0.15) is 28.4 Å². The number of rotatable bonds is 4. The largest absolute Gasteiger partial charge is 0.351 e. The predicted octanol–water partition coefficient (Wildman–Crippen LogP) is 3.50. The van der Waals surface area contributed by atoms with Gasteiger partial charge >= 0.3 is 0 Å². The molecule has 21 heavy (non-hydrogen) atoms. The Labute approximate surface area is 147 Å². The Bertz CT molecular complexity index is 568. The molecule has 0 fully saturated rings. The highest BCUT2D eigenvalue weighted by molar-refractivity contribution is 14.0. The van der Waals surface area contributed by atoms with Crippen molar-refractivity contribution in [3.05, 3.63) is 52.0 Å². The van der Waals surface area contributed by atoms with Gasteiger partial charge in [0.25, 0.3) is 0 Å². The van der Waals surface area contributed by atoms with E-state index < -0.39 is 0 Å². The van der Waals surface area contributed by atoms with Crippen molar-refractivity contribution in [3.8, 4) is 0 Å². The van der Waals surface area contributed by atoms with Crippen LogP contribution >= 0.6 is 35.3 Å². The van der Waals surface area contributed by atoms with Crippen LogP contribution in [0.25, 0.3) is 0 Å². The number of halogens is 1. The van der Waals surface area contributed by atoms with Gasteiger partial charge in [0.2, 0.25) is 0 Å². The van der Waals surface area contributed by atoms with Crippen LogP contribution in [0.3, 0.4) is 0 Å². The summed E-state index contributed by atoms with van der Waals surface area (Å²) >= 11 is 1.70. The lowest BCUT2D eigenvalue weighted by atomic mass is 10.1. The first-order valence-electron chi connectivity index (χ1n) is 6.62. The van der Waals surface area contributed by atoms with Crippen molar-refractivity contribution in [1.82, 2.24) is 15.6 Å². The number of aromatic nitrogens is 1. The number of hydrogen-bond acceptors (Lipinski definition) is 3. The summed E-state index contributed by atoms with van der Waals surface area (Å²) in [6.07, 6.45) is 1.90. The van der Waals surface area contributed by atoms with Crippen LogP contribution in [0.5, 0.6) is 0 Å². The molecule has 2 N–H and O–H groups in total. The minimum Gasteiger partial charge on any atom is -0.351 e. The Morgan fingerprint density at radius 1 is 1.33 bits per heavy atom. The van der Waals surface area contributed by atoms with Crippen molar-refractivity contribution in [2.75, 3.05) is 7.05 Å². The maximum absolute atomic E-state index is 4.25. The van der Waals surface area contributed by atoms with E-state index in [1.165, 1.54) is 10.4 Å². The molecular formula is C15H21IN4S. The van der Waals surface area contributed by atoms with E-state index in [1.54, 1.807) is 18.4 Å². The fourth-order valence-corrected chi connectivity index (χ4v) is 2.62. The monoisotopic (exact) mass is 416 g/mol. The van der Waals surface area contributed by atoms with Crippen molar-refractivity contribution >= 4 is 41.3 Å². The molecular weight excluding hydrogens is 395 g/mol. The SMILES string of the molecule is CN=C(NCc1cnc(C)s1)NC(C)c1ccccc1.I. The lowest BCUT2D eigenvalue weighted by Crippen LogP contribution is -2.38. The van der Waals surface area contributed by atoms with Gasteiger partial charge in [0.15, 0.2) is 5.96 Å². The number of aryl methyl sites for hydroxylation is 1. The summed E-state index contributed by atoms with van der Waals surface area (Å²) in [6, 6.07) is 10.5. The Balaban J connectivity index is 0.00000220. The first-order chi connectivity index (χ1) is 9.69. The fourth-order valence-electron chi connectivity index (χ4n) is 1.88. The number of nitrogens with zero attached hydrogens (tertiary/aromatic N) is 2. The molecule has 0 bridgehead atoms. The quantitative estimate of drug-likeness (QED) is 0.456. The van der Waals surface area contributed by atoms with E-state index >= 15 is 0 Å². The summed E-state index contributed by atoms with van der Waals surface area (Å²) in [6.45, 7) is 4.88. The molecule has 0 spiro atoms. The second kappa shape index (κ2) is 8.99. The van der Waals surface area contributed by atoms with Crippen molar-refractivity contribution in [2.45, 2.75) is 26.4 Å². The average molecular weight is 416 g/mol. The zero-order valence-electron chi connectivity index (χ0n) is 12.5. The molecule has 0 saturated heterocycles. The number of guanidine groups is 1. The minimum absolute atomic E-state index is 0. The molecule has 0 aliphatic heterocycles. The van der Waals surface area contributed by atoms with Crippen molar-refractivity contribution in [3.63, 3.8) is 0 Å². The van der Waals surface area contributed by atoms with Crippen LogP contribution in [-0.4, -0.2) is 18.0 Å². The third-order valence-corrected chi connectivity index (χ3v) is 3.89. The highest BCUT2D eigenvalue weighted by atomic mass is 127. The molecule has 114 valence electrons. The molecule has 1 aromatic heterocycles. The maximum Gasteiger partial charge on any atom is 0.191 e. The van der Waals surface area contributed by atoms with Gasteiger partial charge < -0.3 is 10.6 Å². The van der Waals surface area contributed by atoms with Crippen LogP contribution < -0.4 is 10.6 Å². The van der Waals surface area contributed by atoms with Gasteiger partial charge in [-0.1, -0.05) is 30.3 Å². The van der Waals surface area contributed by atoms with Gasteiger partial charge in [0.05, 0.1) is 17.6 Å². The van der Waals surface area contributed by atoms with Crippen LogP contribution in [0, 0.1) is 6.92 Å². The van der Waals surface area contributed by atoms with Crippen molar-refractivity contribution < 1.29 is 0 Å². The summed E-state index contributed by atoms with van der Waals surface area (Å²) in [5.74, 6) is 0.799. The summed E-state index contributed by atoms with van der Waals surface area (Å²) < 4.78 is 0. The molecule has 4 nitrogen and oxygen atoms in total. The van der Waals surface area contributed by atoms with E-state index in [0.29, 0.717) is 0 Å². The molecule has 0 amide bonds. The van der Waals surface area contributed by atoms with E-state index in [1.807, 2.05) is 31.3 Å². The molecule has 2 rings (SSSR count). The van der Waals surface area contributed by atoms with E-state index in [9.17, 15) is 0 Å². The standard InChI is InChI=1S/C15H20N4S.HI/c1-11(13-7-5-4-6-8-13)19-15(16-3)18-10-14-9-17-12(2)20-14;/h4-9,11H,10H2,1-3H3,(H2,16,18,19);1H. The summed E-state index contributed by atoms with van der Waals surface area (Å²) in [4.78, 5) is 9.71. The first kappa shape index (κ1) is 17.9. The molecule has 0 saturated carbocycles. The minimum atomic E-state index is 0. The maximum atomic E-state index is 4.25. The molecule has 1 atom stereocenters. The van der Waals surface area contributed by atoms with Crippen LogP contribution in [-0.2, 0) is 6.54 Å². The van der Waals surface area contributed by atoms with Gasteiger partial charge in [0, 0.05) is 18.1 Å². The normalized spacial score (nSPS) is 12.4. The Hall–Kier alpha value is -1.15. The van der Waals surface area contributed by atoms with Gasteiger partial charge in [0.1, 0.15) is 0 Å². The van der Waals surface area contributed by atoms with Gasteiger partial charge in [-0.3, -0.25) is 4.99 Å². The third kappa shape index (κ3) is 5.62. The van der Waals surface area contributed by atoms with Crippen LogP contribution in [0.2, 0.25) is 0 Å². The van der Waals surface area contributed by atoms with E-state index in [2.05, 4.69) is 39.7 Å². The highest BCUT2D eigenvalue weighted by Crippen LogP contribution is 2.12. The number of aliphatic imine (C=N–C) groups is 1. The zero-order valence-corrected chi connectivity index (χ0v) is 15.6. The number of nitrogens with one attached hydrogen (secondary N) is 2. The van der Waals surface area contributed by atoms with E-state index in [-0.39, 0.29) is 30.0 Å². The summed E-state index contributed by atoms with van der Waals surface area (Å²) in [5, 5.41) is 7.78. The molecule has 0 radical (unpaired) electrons. The molecule has 6 heteroatoms. The molecule has 2 aromatic rings. The Morgan fingerprint density at radius 3 is 2.62 bits per heavy atom. The van der Waals surface area contributed by atoms with Gasteiger partial charge in [-0.2, -0.15) is 0 Å². The lowest BCUT2D eigenvalue weighted by molar-refractivity contribution is 0.686. The predicted molar refractivity (Wildman–Crippen MR) is 100 cm³/mol. The second-order valence-corrected chi connectivity index (χ2v) is 5.87. The van der Waals surface area contributed by atoms with Crippen LogP contribution in [0.4, 0.5) is 0 Å². The van der Waals surface area contributed by atoms with Gasteiger partial charge in [-0.15, -0.1) is 35.3 Å². The molecule has 1 heterocycles. The second-order valence-electron chi connectivity index (χ2n) is 4.55. The molecule has 0 aliphatic rings. The number of benzene rings is 1. The topological polar surface area (TPSA) is 49.3 Å². The fraction of sp³-hybridized carbons (Fsp3) is 0.333. The average Bonchev–Trinajstić information content (AvgIpc) is 2.89. The van der Waals surface area contributed by atoms with E-state index in [0.717, 1.165) is 17.5 Å². The smallest absolute Gasteiger partial charge is 0.191 e. The third-order valence-electron chi connectivity index (χ3n) is 2.98. The van der Waals surface area contributed by atoms with Gasteiger partial charge in [-0.25, -0.2) is 4.98 Å². The number of hydrogen-bond donors (Lipinski definition) is 2. The highest BCUT2D eigenvalue weighted by Gasteiger charge is 2.07. The Morgan fingerprint density at radius 2 is 2.05 bits per heavy atom. The van der Waals surface area contributed by atoms with Crippen molar-refractivity contribution in [2.24, 2.45) is 4.99 Å². The van der Waals surface area contributed by atoms with E-state index in [4.69, 9.17) is 0 Å². The van der Waals surface area contributed by atoms with Crippen molar-refractivity contribution in [1.29, 1.82) is 0 Å². The summed E-state index contributed by atoms with van der Waals surface area (Å²) in [7, 11) is 1.78. The van der Waals surface area contributed by atoms with Crippen LogP contribution in [0.15, 0.2) is 41.5 Å². The molecule has 1 aromatic carbocycles. The Kier molecular flexibility index (Phi) is 7.66. The zero-order chi connectivity index (χ0) is 14.4. The van der Waals surface area contributed by atoms with Gasteiger partial charge in [-0.05, 0) is 19.4 Å². The number of thiazole rings is 1.